The zero-order valence-electron chi connectivity index (χ0n) is 6.70. The summed E-state index contributed by atoms with van der Waals surface area (Å²) in [6.07, 6.45) is 4.95. The summed E-state index contributed by atoms with van der Waals surface area (Å²) < 4.78 is 0. The highest BCUT2D eigenvalue weighted by Crippen LogP contribution is 2.28. The van der Waals surface area contributed by atoms with E-state index < -0.39 is 0 Å². The van der Waals surface area contributed by atoms with E-state index in [1.807, 2.05) is 24.4 Å². The molecule has 1 atom stereocenters. The van der Waals surface area contributed by atoms with E-state index in [0.717, 1.165) is 12.0 Å². The Bertz CT molecular complexity index is 298. The van der Waals surface area contributed by atoms with Gasteiger partial charge < -0.3 is 10.4 Å². The Balaban J connectivity index is 2.27. The molecule has 0 amide bonds. The molecule has 2 N–H and O–H groups in total. The van der Waals surface area contributed by atoms with Crippen LogP contribution >= 0.6 is 0 Å². The summed E-state index contributed by atoms with van der Waals surface area (Å²) in [6, 6.07) is 7.69. The number of benzene rings is 1. The van der Waals surface area contributed by atoms with E-state index in [1.54, 1.807) is 6.07 Å². The Labute approximate surface area is 71.5 Å². The van der Waals surface area contributed by atoms with Crippen LogP contribution in [0.2, 0.25) is 0 Å². The Morgan fingerprint density at radius 3 is 2.83 bits per heavy atom. The molecule has 1 aromatic rings. The van der Waals surface area contributed by atoms with Gasteiger partial charge in [0.2, 0.25) is 0 Å². The highest BCUT2D eigenvalue weighted by Gasteiger charge is 2.14. The van der Waals surface area contributed by atoms with Crippen molar-refractivity contribution in [3.63, 3.8) is 0 Å². The molecule has 1 aliphatic rings. The molecule has 1 unspecified atom stereocenters. The second-order valence-corrected chi connectivity index (χ2v) is 2.92. The fraction of sp³-hybridized carbons (Fsp3) is 0.200. The maximum absolute atomic E-state index is 9.50. The smallest absolute Gasteiger partial charge is 0.120 e. The van der Waals surface area contributed by atoms with Gasteiger partial charge in [-0.1, -0.05) is 24.3 Å². The van der Waals surface area contributed by atoms with Crippen molar-refractivity contribution in [2.45, 2.75) is 12.5 Å². The van der Waals surface area contributed by atoms with Gasteiger partial charge in [0.05, 0.1) is 6.04 Å². The molecule has 0 spiro atoms. The van der Waals surface area contributed by atoms with Gasteiger partial charge in [0, 0.05) is 5.56 Å². The molecule has 0 saturated carbocycles. The van der Waals surface area contributed by atoms with E-state index in [9.17, 15) is 5.11 Å². The predicted molar refractivity (Wildman–Crippen MR) is 47.7 cm³/mol. The van der Waals surface area contributed by atoms with Gasteiger partial charge in [-0.05, 0) is 18.7 Å². The summed E-state index contributed by atoms with van der Waals surface area (Å²) in [5.41, 5.74) is 0.975. The first-order valence-electron chi connectivity index (χ1n) is 4.07. The number of rotatable bonds is 1. The highest BCUT2D eigenvalue weighted by atomic mass is 16.3. The largest absolute Gasteiger partial charge is 0.508 e. The predicted octanol–water partition coefficient (Wildman–Crippen LogP) is 1.94. The number of hydrogen-bond donors (Lipinski definition) is 2. The molecule has 1 heterocycles. The lowest BCUT2D eigenvalue weighted by atomic mass is 10.0. The summed E-state index contributed by atoms with van der Waals surface area (Å²) in [5, 5.41) is 12.7. The molecule has 2 heteroatoms. The SMILES string of the molecule is Oc1ccccc1C1CC=CN1. The number of hydrogen-bond acceptors (Lipinski definition) is 2. The summed E-state index contributed by atoms with van der Waals surface area (Å²) in [4.78, 5) is 0. The first-order valence-corrected chi connectivity index (χ1v) is 4.07. The number of nitrogens with one attached hydrogen (secondary N) is 1. The summed E-state index contributed by atoms with van der Waals surface area (Å²) in [6.45, 7) is 0. The van der Waals surface area contributed by atoms with Gasteiger partial charge in [-0.15, -0.1) is 0 Å². The average molecular weight is 161 g/mol. The molecule has 1 aromatic carbocycles. The molecule has 1 aliphatic heterocycles. The lowest BCUT2D eigenvalue weighted by molar-refractivity contribution is 0.458. The van der Waals surface area contributed by atoms with Crippen molar-refractivity contribution in [2.24, 2.45) is 0 Å². The molecular weight excluding hydrogens is 150 g/mol. The van der Waals surface area contributed by atoms with Crippen molar-refractivity contribution < 1.29 is 5.11 Å². The van der Waals surface area contributed by atoms with E-state index in [0.29, 0.717) is 5.75 Å². The minimum atomic E-state index is 0.256. The van der Waals surface area contributed by atoms with Crippen LogP contribution in [0.3, 0.4) is 0 Å². The van der Waals surface area contributed by atoms with Crippen molar-refractivity contribution in [3.05, 3.63) is 42.1 Å². The molecule has 62 valence electrons. The Kier molecular flexibility index (Phi) is 1.74. The minimum Gasteiger partial charge on any atom is -0.508 e. The lowest BCUT2D eigenvalue weighted by Gasteiger charge is -2.12. The van der Waals surface area contributed by atoms with Crippen molar-refractivity contribution >= 4 is 0 Å². The van der Waals surface area contributed by atoms with Gasteiger partial charge in [-0.3, -0.25) is 0 Å². The van der Waals surface area contributed by atoms with Crippen molar-refractivity contribution in [3.8, 4) is 5.75 Å². The van der Waals surface area contributed by atoms with Gasteiger partial charge >= 0.3 is 0 Å². The van der Waals surface area contributed by atoms with Gasteiger partial charge in [0.25, 0.3) is 0 Å². The van der Waals surface area contributed by atoms with Crippen LogP contribution in [0, 0.1) is 0 Å². The summed E-state index contributed by atoms with van der Waals surface area (Å²) >= 11 is 0. The van der Waals surface area contributed by atoms with Gasteiger partial charge in [-0.25, -0.2) is 0 Å². The third kappa shape index (κ3) is 1.16. The van der Waals surface area contributed by atoms with E-state index >= 15 is 0 Å². The first-order chi connectivity index (χ1) is 5.88. The lowest BCUT2D eigenvalue weighted by Crippen LogP contribution is -2.09. The zero-order valence-corrected chi connectivity index (χ0v) is 6.70. The molecule has 0 saturated heterocycles. The molecule has 2 nitrogen and oxygen atoms in total. The van der Waals surface area contributed by atoms with Crippen LogP contribution in [-0.4, -0.2) is 5.11 Å². The second kappa shape index (κ2) is 2.89. The number of phenolic OH excluding ortho intramolecular Hbond substituents is 1. The molecule has 0 aromatic heterocycles. The van der Waals surface area contributed by atoms with Crippen LogP contribution in [0.4, 0.5) is 0 Å². The molecule has 0 radical (unpaired) electrons. The monoisotopic (exact) mass is 161 g/mol. The normalized spacial score (nSPS) is 20.8. The van der Waals surface area contributed by atoms with Crippen LogP contribution in [-0.2, 0) is 0 Å². The Morgan fingerprint density at radius 1 is 1.33 bits per heavy atom. The number of aromatic hydroxyl groups is 1. The maximum atomic E-state index is 9.50. The van der Waals surface area contributed by atoms with Crippen molar-refractivity contribution in [1.29, 1.82) is 0 Å². The van der Waals surface area contributed by atoms with Crippen LogP contribution < -0.4 is 5.32 Å². The van der Waals surface area contributed by atoms with Crippen LogP contribution in [0.1, 0.15) is 18.0 Å². The van der Waals surface area contributed by atoms with Gasteiger partial charge in [0.1, 0.15) is 5.75 Å². The number of phenols is 1. The minimum absolute atomic E-state index is 0.256. The molecule has 0 aliphatic carbocycles. The molecule has 0 bridgehead atoms. The Hall–Kier alpha value is -1.44. The standard InChI is InChI=1S/C10H11NO/c12-10-6-2-1-4-8(10)9-5-3-7-11-9/h1-4,6-7,9,11-12H,5H2. The van der Waals surface area contributed by atoms with Crippen LogP contribution in [0.15, 0.2) is 36.5 Å². The van der Waals surface area contributed by atoms with E-state index in [-0.39, 0.29) is 6.04 Å². The van der Waals surface area contributed by atoms with E-state index in [1.165, 1.54) is 0 Å². The summed E-state index contributed by atoms with van der Waals surface area (Å²) in [7, 11) is 0. The van der Waals surface area contributed by atoms with E-state index in [4.69, 9.17) is 0 Å². The fourth-order valence-electron chi connectivity index (χ4n) is 1.46. The van der Waals surface area contributed by atoms with E-state index in [2.05, 4.69) is 11.4 Å². The quantitative estimate of drug-likeness (QED) is 0.659. The highest BCUT2D eigenvalue weighted by molar-refractivity contribution is 5.35. The van der Waals surface area contributed by atoms with Gasteiger partial charge in [-0.2, -0.15) is 0 Å². The molecule has 12 heavy (non-hydrogen) atoms. The van der Waals surface area contributed by atoms with Crippen molar-refractivity contribution in [2.75, 3.05) is 0 Å². The molecule has 2 rings (SSSR count). The summed E-state index contributed by atoms with van der Waals surface area (Å²) in [5.74, 6) is 0.374. The van der Waals surface area contributed by atoms with Crippen LogP contribution in [0.25, 0.3) is 0 Å². The van der Waals surface area contributed by atoms with Gasteiger partial charge in [0.15, 0.2) is 0 Å². The van der Waals surface area contributed by atoms with Crippen LogP contribution in [0.5, 0.6) is 5.75 Å². The fourth-order valence-corrected chi connectivity index (χ4v) is 1.46. The first kappa shape index (κ1) is 7.22. The maximum Gasteiger partial charge on any atom is 0.120 e. The second-order valence-electron chi connectivity index (χ2n) is 2.92. The zero-order chi connectivity index (χ0) is 8.39. The van der Waals surface area contributed by atoms with Crippen molar-refractivity contribution in [1.82, 2.24) is 5.32 Å². The molecular formula is C10H11NO. The average Bonchev–Trinajstić information content (AvgIpc) is 2.57. The molecule has 0 fully saturated rings. The Morgan fingerprint density at radius 2 is 2.17 bits per heavy atom. The third-order valence-corrected chi connectivity index (χ3v) is 2.10. The topological polar surface area (TPSA) is 32.3 Å². The number of para-hydroxylation sites is 1. The third-order valence-electron chi connectivity index (χ3n) is 2.10.